The van der Waals surface area contributed by atoms with Crippen LogP contribution < -0.4 is 5.73 Å². The molecule has 140 valence electrons. The van der Waals surface area contributed by atoms with Crippen LogP contribution in [0.4, 0.5) is 13.2 Å². The van der Waals surface area contributed by atoms with Gasteiger partial charge in [0.1, 0.15) is 5.82 Å². The molecule has 26 heavy (non-hydrogen) atoms. The van der Waals surface area contributed by atoms with Gasteiger partial charge in [-0.15, -0.1) is 0 Å². The number of rotatable bonds is 5. The van der Waals surface area contributed by atoms with Crippen LogP contribution in [-0.4, -0.2) is 34.0 Å². The fraction of sp³-hybridized carbons (Fsp3) is 0.444. The first-order valence-corrected chi connectivity index (χ1v) is 8.43. The van der Waals surface area contributed by atoms with Gasteiger partial charge in [-0.3, -0.25) is 4.79 Å². The van der Waals surface area contributed by atoms with Gasteiger partial charge in [-0.2, -0.15) is 13.2 Å². The van der Waals surface area contributed by atoms with Gasteiger partial charge >= 0.3 is 6.18 Å². The third-order valence-corrected chi connectivity index (χ3v) is 4.61. The summed E-state index contributed by atoms with van der Waals surface area (Å²) in [6, 6.07) is 7.16. The molecule has 0 fully saturated rings. The van der Waals surface area contributed by atoms with Gasteiger partial charge in [-0.1, -0.05) is 12.1 Å². The first kappa shape index (κ1) is 18.4. The maximum Gasteiger partial charge on any atom is 0.434 e. The van der Waals surface area contributed by atoms with Crippen LogP contribution >= 0.6 is 0 Å². The fourth-order valence-electron chi connectivity index (χ4n) is 3.44. The van der Waals surface area contributed by atoms with E-state index in [1.165, 1.54) is 0 Å². The highest BCUT2D eigenvalue weighted by Crippen LogP contribution is 2.30. The number of amides is 1. The van der Waals surface area contributed by atoms with Gasteiger partial charge < -0.3 is 15.2 Å². The Morgan fingerprint density at radius 3 is 2.88 bits per heavy atom. The molecule has 1 aromatic carbocycles. The second-order valence-corrected chi connectivity index (χ2v) is 6.86. The maximum atomic E-state index is 12.8. The molecule has 0 radical (unpaired) electrons. The number of imidazole rings is 1. The summed E-state index contributed by atoms with van der Waals surface area (Å²) < 4.78 is 40.0. The van der Waals surface area contributed by atoms with Crippen LogP contribution in [0.3, 0.4) is 0 Å². The molecule has 8 heteroatoms. The predicted molar refractivity (Wildman–Crippen MR) is 90.3 cm³/mol. The monoisotopic (exact) mass is 366 g/mol. The third kappa shape index (κ3) is 4.24. The molecule has 1 aromatic heterocycles. The van der Waals surface area contributed by atoms with Crippen molar-refractivity contribution in [3.05, 3.63) is 53.1 Å². The smallest absolute Gasteiger partial charge is 0.366 e. The van der Waals surface area contributed by atoms with Crippen LogP contribution in [0.2, 0.25) is 0 Å². The summed E-state index contributed by atoms with van der Waals surface area (Å²) in [4.78, 5) is 17.1. The van der Waals surface area contributed by atoms with E-state index < -0.39 is 17.8 Å². The quantitative estimate of drug-likeness (QED) is 0.885. The first-order chi connectivity index (χ1) is 12.2. The summed E-state index contributed by atoms with van der Waals surface area (Å²) in [5.41, 5.74) is 5.93. The largest absolute Gasteiger partial charge is 0.434 e. The van der Waals surface area contributed by atoms with E-state index in [0.717, 1.165) is 24.7 Å². The van der Waals surface area contributed by atoms with Crippen molar-refractivity contribution in [1.29, 1.82) is 0 Å². The molecule has 1 unspecified atom stereocenters. The molecule has 5 nitrogen and oxygen atoms in total. The van der Waals surface area contributed by atoms with Crippen molar-refractivity contribution >= 4 is 5.91 Å². The van der Waals surface area contributed by atoms with Crippen LogP contribution in [0.15, 0.2) is 30.5 Å². The van der Waals surface area contributed by atoms with Crippen LogP contribution in [0, 0.1) is 5.92 Å². The highest BCUT2D eigenvalue weighted by Gasteiger charge is 2.35. The lowest BCUT2D eigenvalue weighted by Crippen LogP contribution is -2.31. The first-order valence-electron chi connectivity index (χ1n) is 8.43. The zero-order valence-electron chi connectivity index (χ0n) is 14.5. The van der Waals surface area contributed by atoms with E-state index in [1.807, 2.05) is 13.1 Å². The van der Waals surface area contributed by atoms with Crippen molar-refractivity contribution in [2.75, 3.05) is 13.6 Å². The Labute approximate surface area is 149 Å². The van der Waals surface area contributed by atoms with Crippen molar-refractivity contribution in [3.8, 4) is 0 Å². The summed E-state index contributed by atoms with van der Waals surface area (Å²) in [5, 5.41) is 0. The van der Waals surface area contributed by atoms with Gasteiger partial charge in [0.15, 0.2) is 5.69 Å². The average molecular weight is 366 g/mol. The zero-order chi connectivity index (χ0) is 18.9. The van der Waals surface area contributed by atoms with Crippen LogP contribution in [-0.2, 0) is 25.7 Å². The summed E-state index contributed by atoms with van der Waals surface area (Å²) in [7, 11) is 1.96. The van der Waals surface area contributed by atoms with Gasteiger partial charge in [-0.05, 0) is 37.1 Å². The molecule has 0 spiro atoms. The highest BCUT2D eigenvalue weighted by atomic mass is 19.4. The fourth-order valence-corrected chi connectivity index (χ4v) is 3.44. The van der Waals surface area contributed by atoms with Gasteiger partial charge in [0.05, 0.1) is 0 Å². The molecule has 0 saturated heterocycles. The number of hydrogen-bond acceptors (Lipinski definition) is 3. The molecule has 1 aliphatic heterocycles. The number of primary amides is 1. The number of benzene rings is 1. The molecule has 1 aliphatic rings. The number of carbonyl (C=O) groups excluding carboxylic acids is 1. The summed E-state index contributed by atoms with van der Waals surface area (Å²) >= 11 is 0. The number of alkyl halides is 3. The van der Waals surface area contributed by atoms with E-state index in [1.54, 1.807) is 22.8 Å². The molecule has 3 rings (SSSR count). The molecule has 2 heterocycles. The third-order valence-electron chi connectivity index (χ3n) is 4.61. The van der Waals surface area contributed by atoms with Crippen molar-refractivity contribution in [2.24, 2.45) is 11.7 Å². The minimum atomic E-state index is -4.40. The van der Waals surface area contributed by atoms with Crippen molar-refractivity contribution in [1.82, 2.24) is 14.5 Å². The molecule has 1 atom stereocenters. The number of aryl methyl sites for hydroxylation is 1. The summed E-state index contributed by atoms with van der Waals surface area (Å²) in [5.74, 6) is 0.294. The maximum absolute atomic E-state index is 12.8. The Kier molecular flexibility index (Phi) is 5.04. The van der Waals surface area contributed by atoms with Crippen molar-refractivity contribution < 1.29 is 18.0 Å². The van der Waals surface area contributed by atoms with E-state index in [-0.39, 0.29) is 5.92 Å². The Morgan fingerprint density at radius 2 is 2.19 bits per heavy atom. The highest BCUT2D eigenvalue weighted by molar-refractivity contribution is 5.92. The Morgan fingerprint density at radius 1 is 1.42 bits per heavy atom. The average Bonchev–Trinajstić information content (AvgIpc) is 2.98. The number of fused-ring (bicyclic) bond motifs is 1. The van der Waals surface area contributed by atoms with Crippen LogP contribution in [0.5, 0.6) is 0 Å². The number of halogens is 3. The van der Waals surface area contributed by atoms with E-state index in [9.17, 15) is 18.0 Å². The standard InChI is InChI=1S/C18H21F3N4O/c1-24(8-12-3-2-4-14(7-12)17(22)26)9-13-5-6-16-23-15(18(19,20)21)11-25(16)10-13/h2-4,7,11,13H,5-6,8-10H2,1H3,(H2,22,26). The predicted octanol–water partition coefficient (Wildman–Crippen LogP) is 2.70. The molecule has 0 aliphatic carbocycles. The van der Waals surface area contributed by atoms with E-state index in [0.29, 0.717) is 30.9 Å². The number of hydrogen-bond donors (Lipinski definition) is 1. The van der Waals surface area contributed by atoms with Crippen molar-refractivity contribution in [2.45, 2.75) is 32.1 Å². The number of carbonyl (C=O) groups is 1. The Hall–Kier alpha value is -2.35. The molecule has 0 bridgehead atoms. The number of aromatic nitrogens is 2. The normalized spacial score (nSPS) is 17.3. The summed E-state index contributed by atoms with van der Waals surface area (Å²) in [6.45, 7) is 1.92. The second-order valence-electron chi connectivity index (χ2n) is 6.86. The van der Waals surface area contributed by atoms with E-state index in [2.05, 4.69) is 9.88 Å². The van der Waals surface area contributed by atoms with Crippen molar-refractivity contribution in [3.63, 3.8) is 0 Å². The van der Waals surface area contributed by atoms with Gasteiger partial charge in [0.2, 0.25) is 5.91 Å². The van der Waals surface area contributed by atoms with Gasteiger partial charge in [0, 0.05) is 37.8 Å². The van der Waals surface area contributed by atoms with E-state index >= 15 is 0 Å². The molecular weight excluding hydrogens is 345 g/mol. The summed E-state index contributed by atoms with van der Waals surface area (Å²) in [6.07, 6.45) is -1.94. The minimum Gasteiger partial charge on any atom is -0.366 e. The van der Waals surface area contributed by atoms with Crippen LogP contribution in [0.25, 0.3) is 0 Å². The van der Waals surface area contributed by atoms with Crippen LogP contribution in [0.1, 0.15) is 33.9 Å². The minimum absolute atomic E-state index is 0.252. The van der Waals surface area contributed by atoms with Gasteiger partial charge in [-0.25, -0.2) is 4.98 Å². The number of nitrogens with two attached hydrogens (primary N) is 1. The zero-order valence-corrected chi connectivity index (χ0v) is 14.5. The second kappa shape index (κ2) is 7.11. The number of nitrogens with zero attached hydrogens (tertiary/aromatic N) is 3. The topological polar surface area (TPSA) is 64.2 Å². The molecule has 2 aromatic rings. The SMILES string of the molecule is CN(Cc1cccc(C(N)=O)c1)CC1CCc2nc(C(F)(F)F)cn2C1. The lowest BCUT2D eigenvalue weighted by atomic mass is 9.98. The van der Waals surface area contributed by atoms with E-state index in [4.69, 9.17) is 5.73 Å². The van der Waals surface area contributed by atoms with Gasteiger partial charge in [0.25, 0.3) is 0 Å². The molecular formula is C18H21F3N4O. The molecule has 0 saturated carbocycles. The Bertz CT molecular complexity index is 800. The molecule has 2 N–H and O–H groups in total. The Balaban J connectivity index is 1.60. The lowest BCUT2D eigenvalue weighted by molar-refractivity contribution is -0.141. The molecule has 1 amide bonds. The lowest BCUT2D eigenvalue weighted by Gasteiger charge is -2.28.